The molecular formula is C22H42O4. The van der Waals surface area contributed by atoms with E-state index in [1.807, 2.05) is 0 Å². The number of carboxylic acid groups (broad SMARTS) is 2. The monoisotopic (exact) mass is 370 g/mol. The van der Waals surface area contributed by atoms with Crippen molar-refractivity contribution in [3.05, 3.63) is 0 Å². The van der Waals surface area contributed by atoms with Gasteiger partial charge in [0.25, 0.3) is 0 Å². The average Bonchev–Trinajstić information content (AvgIpc) is 2.58. The molecule has 0 aromatic rings. The zero-order chi connectivity index (χ0) is 19.6. The summed E-state index contributed by atoms with van der Waals surface area (Å²) in [7, 11) is 0. The Bertz CT molecular complexity index is 320. The van der Waals surface area contributed by atoms with E-state index >= 15 is 0 Å². The van der Waals surface area contributed by atoms with Gasteiger partial charge in [-0.2, -0.15) is 0 Å². The van der Waals surface area contributed by atoms with Crippen LogP contribution in [-0.4, -0.2) is 22.2 Å². The summed E-state index contributed by atoms with van der Waals surface area (Å²) in [4.78, 5) is 22.5. The SMILES string of the molecule is CCCCCCCCC(CC(=O)O)C(CCCCCCCC)CC(=O)O. The summed E-state index contributed by atoms with van der Waals surface area (Å²) in [5.74, 6) is -1.57. The molecule has 0 amide bonds. The number of carboxylic acids is 2. The number of carbonyl (C=O) groups is 2. The molecule has 2 N–H and O–H groups in total. The van der Waals surface area contributed by atoms with Gasteiger partial charge in [-0.3, -0.25) is 9.59 Å². The third-order valence-corrected chi connectivity index (χ3v) is 5.40. The molecule has 0 aromatic heterocycles. The van der Waals surface area contributed by atoms with Crippen LogP contribution < -0.4 is 0 Å². The lowest BCUT2D eigenvalue weighted by Crippen LogP contribution is -2.21. The van der Waals surface area contributed by atoms with Gasteiger partial charge in [-0.1, -0.05) is 90.9 Å². The highest BCUT2D eigenvalue weighted by Crippen LogP contribution is 2.30. The molecule has 2 atom stereocenters. The van der Waals surface area contributed by atoms with Crippen molar-refractivity contribution in [2.24, 2.45) is 11.8 Å². The van der Waals surface area contributed by atoms with Crippen molar-refractivity contribution in [3.63, 3.8) is 0 Å². The highest BCUT2D eigenvalue weighted by Gasteiger charge is 2.25. The molecule has 0 rings (SSSR count). The number of aliphatic carboxylic acids is 2. The molecule has 4 heteroatoms. The molecule has 0 aliphatic heterocycles. The molecule has 0 saturated carbocycles. The third-order valence-electron chi connectivity index (χ3n) is 5.40. The van der Waals surface area contributed by atoms with Crippen LogP contribution in [0.3, 0.4) is 0 Å². The molecule has 0 aliphatic carbocycles. The first-order valence-corrected chi connectivity index (χ1v) is 10.9. The standard InChI is InChI=1S/C22H42O4/c1-3-5-7-9-11-13-15-19(17-21(23)24)20(18-22(25)26)16-14-12-10-8-6-4-2/h19-20H,3-18H2,1-2H3,(H,23,24)(H,25,26). The minimum atomic E-state index is -0.792. The normalized spacial score (nSPS) is 13.5. The lowest BCUT2D eigenvalue weighted by Gasteiger charge is -2.25. The molecule has 154 valence electrons. The summed E-state index contributed by atoms with van der Waals surface area (Å²) < 4.78 is 0. The average molecular weight is 371 g/mol. The Morgan fingerprint density at radius 2 is 0.885 bits per heavy atom. The summed E-state index contributed by atoms with van der Waals surface area (Å²) in [6.07, 6.45) is 16.1. The van der Waals surface area contributed by atoms with Crippen LogP contribution in [-0.2, 0) is 9.59 Å². The van der Waals surface area contributed by atoms with Crippen LogP contribution in [0.2, 0.25) is 0 Å². The van der Waals surface area contributed by atoms with Crippen molar-refractivity contribution in [3.8, 4) is 0 Å². The first-order valence-electron chi connectivity index (χ1n) is 10.9. The molecule has 0 heterocycles. The van der Waals surface area contributed by atoms with Crippen molar-refractivity contribution in [2.75, 3.05) is 0 Å². The van der Waals surface area contributed by atoms with Gasteiger partial charge in [-0.15, -0.1) is 0 Å². The van der Waals surface area contributed by atoms with Gasteiger partial charge in [0, 0.05) is 12.8 Å². The van der Waals surface area contributed by atoms with Crippen molar-refractivity contribution < 1.29 is 19.8 Å². The fourth-order valence-corrected chi connectivity index (χ4v) is 3.83. The van der Waals surface area contributed by atoms with Crippen molar-refractivity contribution in [1.82, 2.24) is 0 Å². The third kappa shape index (κ3) is 15.2. The Kier molecular flexibility index (Phi) is 16.7. The van der Waals surface area contributed by atoms with E-state index in [2.05, 4.69) is 13.8 Å². The van der Waals surface area contributed by atoms with Crippen molar-refractivity contribution >= 4 is 11.9 Å². The topological polar surface area (TPSA) is 74.6 Å². The van der Waals surface area contributed by atoms with E-state index in [4.69, 9.17) is 0 Å². The van der Waals surface area contributed by atoms with E-state index in [-0.39, 0.29) is 24.7 Å². The summed E-state index contributed by atoms with van der Waals surface area (Å²) in [5.41, 5.74) is 0. The predicted molar refractivity (Wildman–Crippen MR) is 107 cm³/mol. The minimum absolute atomic E-state index is 0.00502. The Morgan fingerprint density at radius 3 is 1.19 bits per heavy atom. The van der Waals surface area contributed by atoms with E-state index < -0.39 is 11.9 Å². The van der Waals surface area contributed by atoms with Crippen LogP contribution in [0.1, 0.15) is 117 Å². The molecule has 0 saturated heterocycles. The van der Waals surface area contributed by atoms with E-state index in [1.165, 1.54) is 51.4 Å². The molecule has 0 bridgehead atoms. The van der Waals surface area contributed by atoms with Crippen LogP contribution in [0.15, 0.2) is 0 Å². The number of rotatable bonds is 19. The molecule has 0 spiro atoms. The summed E-state index contributed by atoms with van der Waals surface area (Å²) in [6.45, 7) is 4.39. The molecule has 0 fully saturated rings. The first-order chi connectivity index (χ1) is 12.5. The van der Waals surface area contributed by atoms with Crippen LogP contribution in [0.25, 0.3) is 0 Å². The summed E-state index contributed by atoms with van der Waals surface area (Å²) in [5, 5.41) is 18.5. The summed E-state index contributed by atoms with van der Waals surface area (Å²) >= 11 is 0. The van der Waals surface area contributed by atoms with Crippen molar-refractivity contribution in [2.45, 2.75) is 117 Å². The number of unbranched alkanes of at least 4 members (excludes halogenated alkanes) is 10. The molecular weight excluding hydrogens is 328 g/mol. The summed E-state index contributed by atoms with van der Waals surface area (Å²) in [6, 6.07) is 0. The molecule has 0 radical (unpaired) electrons. The molecule has 0 aromatic carbocycles. The van der Waals surface area contributed by atoms with Gasteiger partial charge in [-0.05, 0) is 24.7 Å². The maximum Gasteiger partial charge on any atom is 0.303 e. The predicted octanol–water partition coefficient (Wildman–Crippen LogP) is 6.67. The fraction of sp³-hybridized carbons (Fsp3) is 0.909. The van der Waals surface area contributed by atoms with Gasteiger partial charge >= 0.3 is 11.9 Å². The largest absolute Gasteiger partial charge is 0.481 e. The van der Waals surface area contributed by atoms with E-state index in [1.54, 1.807) is 0 Å². The Hall–Kier alpha value is -1.06. The van der Waals surface area contributed by atoms with Crippen LogP contribution in [0.5, 0.6) is 0 Å². The fourth-order valence-electron chi connectivity index (χ4n) is 3.83. The van der Waals surface area contributed by atoms with E-state index in [0.29, 0.717) is 0 Å². The first kappa shape index (κ1) is 24.9. The Labute approximate surface area is 160 Å². The maximum absolute atomic E-state index is 11.3. The van der Waals surface area contributed by atoms with Gasteiger partial charge in [0.15, 0.2) is 0 Å². The smallest absolute Gasteiger partial charge is 0.303 e. The van der Waals surface area contributed by atoms with Crippen molar-refractivity contribution in [1.29, 1.82) is 0 Å². The lowest BCUT2D eigenvalue weighted by atomic mass is 9.80. The second-order valence-corrected chi connectivity index (χ2v) is 7.83. The second-order valence-electron chi connectivity index (χ2n) is 7.83. The van der Waals surface area contributed by atoms with Gasteiger partial charge in [0.2, 0.25) is 0 Å². The zero-order valence-electron chi connectivity index (χ0n) is 17.2. The molecule has 26 heavy (non-hydrogen) atoms. The maximum atomic E-state index is 11.3. The van der Waals surface area contributed by atoms with Gasteiger partial charge in [0.05, 0.1) is 0 Å². The highest BCUT2D eigenvalue weighted by atomic mass is 16.4. The number of hydrogen-bond acceptors (Lipinski definition) is 2. The van der Waals surface area contributed by atoms with Crippen LogP contribution in [0, 0.1) is 11.8 Å². The molecule has 0 aliphatic rings. The Balaban J connectivity index is 4.42. The number of hydrogen-bond donors (Lipinski definition) is 2. The van der Waals surface area contributed by atoms with Gasteiger partial charge in [-0.25, -0.2) is 0 Å². The van der Waals surface area contributed by atoms with Crippen LogP contribution >= 0.6 is 0 Å². The quantitative estimate of drug-likeness (QED) is 0.249. The Morgan fingerprint density at radius 1 is 0.577 bits per heavy atom. The second kappa shape index (κ2) is 17.4. The van der Waals surface area contributed by atoms with Gasteiger partial charge in [0.1, 0.15) is 0 Å². The van der Waals surface area contributed by atoms with Gasteiger partial charge < -0.3 is 10.2 Å². The lowest BCUT2D eigenvalue weighted by molar-refractivity contribution is -0.142. The van der Waals surface area contributed by atoms with E-state index in [0.717, 1.165) is 38.5 Å². The van der Waals surface area contributed by atoms with Crippen LogP contribution in [0.4, 0.5) is 0 Å². The molecule has 2 unspecified atom stereocenters. The highest BCUT2D eigenvalue weighted by molar-refractivity contribution is 5.68. The minimum Gasteiger partial charge on any atom is -0.481 e. The molecule has 4 nitrogen and oxygen atoms in total. The van der Waals surface area contributed by atoms with E-state index in [9.17, 15) is 19.8 Å². The zero-order valence-corrected chi connectivity index (χ0v) is 17.2.